The SMILES string of the molecule is COC(=O)C(=O)/C=C/C(=O)C=O. The van der Waals surface area contributed by atoms with Crippen LogP contribution in [0.4, 0.5) is 0 Å². The average Bonchev–Trinajstić information content (AvgIpc) is 2.11. The molecule has 0 aliphatic rings. The standard InChI is InChI=1S/C7H6O5/c1-12-7(11)6(10)3-2-5(9)4-8/h2-4H,1H3/b3-2+. The van der Waals surface area contributed by atoms with Crippen molar-refractivity contribution in [3.8, 4) is 0 Å². The second-order valence-corrected chi connectivity index (χ2v) is 1.71. The molecule has 0 aromatic carbocycles. The van der Waals surface area contributed by atoms with Crippen LogP contribution in [-0.4, -0.2) is 30.9 Å². The maximum absolute atomic E-state index is 10.6. The van der Waals surface area contributed by atoms with E-state index in [4.69, 9.17) is 0 Å². The van der Waals surface area contributed by atoms with Crippen LogP contribution in [0, 0.1) is 0 Å². The number of methoxy groups -OCH3 is 1. The predicted molar refractivity (Wildman–Crippen MR) is 37.2 cm³/mol. The van der Waals surface area contributed by atoms with Crippen molar-refractivity contribution in [1.82, 2.24) is 0 Å². The number of esters is 1. The fraction of sp³-hybridized carbons (Fsp3) is 0.143. The number of hydrogen-bond acceptors (Lipinski definition) is 5. The highest BCUT2D eigenvalue weighted by Gasteiger charge is 2.09. The van der Waals surface area contributed by atoms with E-state index in [1.54, 1.807) is 0 Å². The molecule has 0 aliphatic heterocycles. The van der Waals surface area contributed by atoms with E-state index in [2.05, 4.69) is 4.74 Å². The van der Waals surface area contributed by atoms with Crippen molar-refractivity contribution in [2.75, 3.05) is 7.11 Å². The van der Waals surface area contributed by atoms with Crippen LogP contribution in [-0.2, 0) is 23.9 Å². The van der Waals surface area contributed by atoms with Gasteiger partial charge >= 0.3 is 5.97 Å². The molecule has 0 aliphatic carbocycles. The number of rotatable bonds is 4. The third kappa shape index (κ3) is 3.40. The van der Waals surface area contributed by atoms with Crippen LogP contribution in [0.1, 0.15) is 0 Å². The lowest BCUT2D eigenvalue weighted by atomic mass is 10.3. The first-order chi connectivity index (χ1) is 5.61. The zero-order valence-corrected chi connectivity index (χ0v) is 6.27. The van der Waals surface area contributed by atoms with E-state index in [9.17, 15) is 19.2 Å². The van der Waals surface area contributed by atoms with Gasteiger partial charge in [0.2, 0.25) is 5.78 Å². The molecule has 0 heterocycles. The molecule has 0 aromatic heterocycles. The van der Waals surface area contributed by atoms with Crippen molar-refractivity contribution in [3.05, 3.63) is 12.2 Å². The Morgan fingerprint density at radius 2 is 1.75 bits per heavy atom. The van der Waals surface area contributed by atoms with Crippen LogP contribution < -0.4 is 0 Å². The van der Waals surface area contributed by atoms with Crippen molar-refractivity contribution < 1.29 is 23.9 Å². The highest BCUT2D eigenvalue weighted by atomic mass is 16.5. The number of hydrogen-bond donors (Lipinski definition) is 0. The molecule has 0 radical (unpaired) electrons. The minimum atomic E-state index is -1.08. The van der Waals surface area contributed by atoms with E-state index in [0.29, 0.717) is 12.2 Å². The summed E-state index contributed by atoms with van der Waals surface area (Å²) >= 11 is 0. The number of carbonyl (C=O) groups excluding carboxylic acids is 4. The van der Waals surface area contributed by atoms with Gasteiger partial charge < -0.3 is 4.74 Å². The lowest BCUT2D eigenvalue weighted by molar-refractivity contribution is -0.149. The van der Waals surface area contributed by atoms with Crippen LogP contribution >= 0.6 is 0 Å². The number of ketones is 2. The van der Waals surface area contributed by atoms with Gasteiger partial charge in [0, 0.05) is 0 Å². The van der Waals surface area contributed by atoms with Crippen LogP contribution in [0.3, 0.4) is 0 Å². The number of aldehydes is 1. The molecule has 0 rings (SSSR count). The Morgan fingerprint density at radius 3 is 2.17 bits per heavy atom. The van der Waals surface area contributed by atoms with E-state index in [-0.39, 0.29) is 6.29 Å². The molecular formula is C7H6O5. The molecule has 12 heavy (non-hydrogen) atoms. The van der Waals surface area contributed by atoms with Gasteiger partial charge in [0.05, 0.1) is 7.11 Å². The lowest BCUT2D eigenvalue weighted by Crippen LogP contribution is -2.12. The van der Waals surface area contributed by atoms with Gasteiger partial charge in [-0.05, 0) is 12.2 Å². The van der Waals surface area contributed by atoms with Crippen LogP contribution in [0.15, 0.2) is 12.2 Å². The number of ether oxygens (including phenoxy) is 1. The Balaban J connectivity index is 4.17. The molecule has 0 spiro atoms. The van der Waals surface area contributed by atoms with Gasteiger partial charge in [0.25, 0.3) is 5.78 Å². The highest BCUT2D eigenvalue weighted by Crippen LogP contribution is 1.81. The Hall–Kier alpha value is -1.78. The predicted octanol–water partition coefficient (Wildman–Crippen LogP) is -0.947. The normalized spacial score (nSPS) is 9.42. The molecule has 0 bridgehead atoms. The van der Waals surface area contributed by atoms with Crippen molar-refractivity contribution in [2.45, 2.75) is 0 Å². The Bertz CT molecular complexity index is 251. The maximum Gasteiger partial charge on any atom is 0.378 e. The second-order valence-electron chi connectivity index (χ2n) is 1.71. The maximum atomic E-state index is 10.6. The quantitative estimate of drug-likeness (QED) is 0.235. The van der Waals surface area contributed by atoms with Crippen molar-refractivity contribution in [2.24, 2.45) is 0 Å². The lowest BCUT2D eigenvalue weighted by Gasteiger charge is -1.89. The fourth-order valence-corrected chi connectivity index (χ4v) is 0.366. The van der Waals surface area contributed by atoms with Crippen LogP contribution in [0.2, 0.25) is 0 Å². The first-order valence-electron chi connectivity index (χ1n) is 2.91. The van der Waals surface area contributed by atoms with Gasteiger partial charge in [0.15, 0.2) is 6.29 Å². The summed E-state index contributed by atoms with van der Waals surface area (Å²) in [4.78, 5) is 41.0. The summed E-state index contributed by atoms with van der Waals surface area (Å²) in [5.41, 5.74) is 0. The summed E-state index contributed by atoms with van der Waals surface area (Å²) in [5, 5.41) is 0. The van der Waals surface area contributed by atoms with Crippen LogP contribution in [0.25, 0.3) is 0 Å². The number of allylic oxidation sites excluding steroid dienone is 1. The molecule has 0 N–H and O–H groups in total. The summed E-state index contributed by atoms with van der Waals surface area (Å²) in [6.07, 6.45) is 1.41. The average molecular weight is 170 g/mol. The molecular weight excluding hydrogens is 164 g/mol. The van der Waals surface area contributed by atoms with Crippen molar-refractivity contribution in [1.29, 1.82) is 0 Å². The van der Waals surface area contributed by atoms with Crippen LogP contribution in [0.5, 0.6) is 0 Å². The smallest absolute Gasteiger partial charge is 0.378 e. The highest BCUT2D eigenvalue weighted by molar-refractivity contribution is 6.40. The summed E-state index contributed by atoms with van der Waals surface area (Å²) in [6.45, 7) is 0. The van der Waals surface area contributed by atoms with E-state index in [1.807, 2.05) is 0 Å². The van der Waals surface area contributed by atoms with Gasteiger partial charge in [-0.3, -0.25) is 14.4 Å². The summed E-state index contributed by atoms with van der Waals surface area (Å²) in [6, 6.07) is 0. The number of carbonyl (C=O) groups is 4. The molecule has 0 atom stereocenters. The molecule has 0 aromatic rings. The summed E-state index contributed by atoms with van der Waals surface area (Å²) < 4.78 is 4.04. The molecule has 0 saturated heterocycles. The molecule has 0 amide bonds. The molecule has 0 saturated carbocycles. The van der Waals surface area contributed by atoms with E-state index in [1.165, 1.54) is 0 Å². The Morgan fingerprint density at radius 1 is 1.17 bits per heavy atom. The minimum Gasteiger partial charge on any atom is -0.463 e. The topological polar surface area (TPSA) is 77.5 Å². The van der Waals surface area contributed by atoms with E-state index >= 15 is 0 Å². The summed E-state index contributed by atoms with van der Waals surface area (Å²) in [7, 11) is 1.04. The monoisotopic (exact) mass is 170 g/mol. The third-order valence-corrected chi connectivity index (χ3v) is 0.902. The first-order valence-corrected chi connectivity index (χ1v) is 2.91. The largest absolute Gasteiger partial charge is 0.463 e. The Kier molecular flexibility index (Phi) is 4.21. The van der Waals surface area contributed by atoms with Crippen molar-refractivity contribution >= 4 is 23.8 Å². The molecule has 0 fully saturated rings. The molecule has 5 heteroatoms. The van der Waals surface area contributed by atoms with E-state index in [0.717, 1.165) is 7.11 Å². The second kappa shape index (κ2) is 4.95. The van der Waals surface area contributed by atoms with Gasteiger partial charge in [0.1, 0.15) is 0 Å². The first kappa shape index (κ1) is 10.2. The van der Waals surface area contributed by atoms with E-state index < -0.39 is 17.5 Å². The summed E-state index contributed by atoms with van der Waals surface area (Å²) in [5.74, 6) is -2.94. The fourth-order valence-electron chi connectivity index (χ4n) is 0.366. The minimum absolute atomic E-state index is 0.0288. The van der Waals surface area contributed by atoms with Gasteiger partial charge in [-0.25, -0.2) is 4.79 Å². The third-order valence-electron chi connectivity index (χ3n) is 0.902. The molecule has 5 nitrogen and oxygen atoms in total. The zero-order valence-electron chi connectivity index (χ0n) is 6.27. The molecule has 0 unspecified atom stereocenters. The zero-order chi connectivity index (χ0) is 9.56. The van der Waals surface area contributed by atoms with Crippen molar-refractivity contribution in [3.63, 3.8) is 0 Å². The Labute approximate surface area is 68.0 Å². The molecule has 64 valence electrons. The van der Waals surface area contributed by atoms with Gasteiger partial charge in [-0.1, -0.05) is 0 Å². The van der Waals surface area contributed by atoms with Gasteiger partial charge in [-0.2, -0.15) is 0 Å². The van der Waals surface area contributed by atoms with Gasteiger partial charge in [-0.15, -0.1) is 0 Å².